The monoisotopic (exact) mass is 1300 g/mol. The largest absolute Gasteiger partial charge is 0.472 e. The maximum absolute atomic E-state index is 13.0. The SMILES string of the molecule is CCCCCCCCCCCCCCCCCCC(=O)O[C@H](COC(=O)CCCCCCCCCCCCCCC(C)C)COP(=O)(O)OC[C@@H](O)COP(=O)(O)OC[C@@H](COC(=O)CCCCCCC)OC(=O)CCCCCCCCCCCC(C)C. The number of unbranched alkanes of at least 4 members (excludes halogenated alkanes) is 38. The van der Waals surface area contributed by atoms with Crippen LogP contribution in [-0.2, 0) is 65.4 Å². The van der Waals surface area contributed by atoms with Gasteiger partial charge in [-0.15, -0.1) is 0 Å². The van der Waals surface area contributed by atoms with Crippen LogP contribution in [0.4, 0.5) is 0 Å². The zero-order valence-electron chi connectivity index (χ0n) is 57.0. The summed E-state index contributed by atoms with van der Waals surface area (Å²) in [7, 11) is -9.89. The molecule has 19 heteroatoms. The zero-order chi connectivity index (χ0) is 65.0. The van der Waals surface area contributed by atoms with E-state index in [-0.39, 0.29) is 25.7 Å². The molecule has 0 rings (SSSR count). The molecule has 0 amide bonds. The van der Waals surface area contributed by atoms with Crippen LogP contribution in [0.5, 0.6) is 0 Å². The minimum absolute atomic E-state index is 0.104. The smallest absolute Gasteiger partial charge is 0.462 e. The summed E-state index contributed by atoms with van der Waals surface area (Å²) in [6, 6.07) is 0. The fourth-order valence-corrected chi connectivity index (χ4v) is 12.0. The molecule has 0 saturated heterocycles. The van der Waals surface area contributed by atoms with Crippen LogP contribution in [0.25, 0.3) is 0 Å². The van der Waals surface area contributed by atoms with Gasteiger partial charge in [0.25, 0.3) is 0 Å². The van der Waals surface area contributed by atoms with Gasteiger partial charge in [0.2, 0.25) is 0 Å². The molecule has 0 bridgehead atoms. The first-order valence-corrected chi connectivity index (χ1v) is 39.0. The minimum atomic E-state index is -4.95. The summed E-state index contributed by atoms with van der Waals surface area (Å²) in [4.78, 5) is 72.2. The maximum atomic E-state index is 13.0. The van der Waals surface area contributed by atoms with Gasteiger partial charge >= 0.3 is 39.5 Å². The van der Waals surface area contributed by atoms with Crippen LogP contribution in [0.1, 0.15) is 350 Å². The topological polar surface area (TPSA) is 237 Å². The first-order valence-electron chi connectivity index (χ1n) is 36.0. The Balaban J connectivity index is 5.17. The molecule has 0 aromatic carbocycles. The first kappa shape index (κ1) is 86.1. The summed E-state index contributed by atoms with van der Waals surface area (Å²) in [6.45, 7) is 9.44. The lowest BCUT2D eigenvalue weighted by molar-refractivity contribution is -0.161. The van der Waals surface area contributed by atoms with E-state index < -0.39 is 97.5 Å². The van der Waals surface area contributed by atoms with E-state index in [0.717, 1.165) is 108 Å². The van der Waals surface area contributed by atoms with Crippen LogP contribution in [0.15, 0.2) is 0 Å². The normalized spacial score (nSPS) is 14.2. The molecule has 5 atom stereocenters. The average molecular weight is 1300 g/mol. The van der Waals surface area contributed by atoms with Crippen molar-refractivity contribution >= 4 is 39.5 Å². The number of hydrogen-bond donors (Lipinski definition) is 3. The lowest BCUT2D eigenvalue weighted by Crippen LogP contribution is -2.30. The first-order chi connectivity index (χ1) is 42.4. The molecule has 88 heavy (non-hydrogen) atoms. The predicted molar refractivity (Wildman–Crippen MR) is 354 cm³/mol. The van der Waals surface area contributed by atoms with Gasteiger partial charge in [0.05, 0.1) is 26.4 Å². The van der Waals surface area contributed by atoms with E-state index in [1.807, 2.05) is 0 Å². The third-order valence-electron chi connectivity index (χ3n) is 16.0. The van der Waals surface area contributed by atoms with Crippen LogP contribution < -0.4 is 0 Å². The van der Waals surface area contributed by atoms with Crippen LogP contribution in [0.3, 0.4) is 0 Å². The highest BCUT2D eigenvalue weighted by molar-refractivity contribution is 7.47. The molecule has 0 aromatic heterocycles. The lowest BCUT2D eigenvalue weighted by Gasteiger charge is -2.21. The number of phosphoric ester groups is 2. The summed E-state index contributed by atoms with van der Waals surface area (Å²) in [6.07, 6.45) is 46.2. The molecule has 0 aliphatic heterocycles. The van der Waals surface area contributed by atoms with Crippen LogP contribution >= 0.6 is 15.6 Å². The number of aliphatic hydroxyl groups is 1. The van der Waals surface area contributed by atoms with Gasteiger partial charge in [-0.05, 0) is 37.5 Å². The molecule has 522 valence electrons. The maximum Gasteiger partial charge on any atom is 0.472 e. The van der Waals surface area contributed by atoms with Crippen LogP contribution in [0, 0.1) is 11.8 Å². The summed E-state index contributed by atoms with van der Waals surface area (Å²) < 4.78 is 68.0. The highest BCUT2D eigenvalue weighted by atomic mass is 31.2. The van der Waals surface area contributed by atoms with E-state index in [9.17, 15) is 43.2 Å². The summed E-state index contributed by atoms with van der Waals surface area (Å²) in [5.74, 6) is -0.617. The van der Waals surface area contributed by atoms with Gasteiger partial charge in [0.1, 0.15) is 19.3 Å². The highest BCUT2D eigenvalue weighted by Gasteiger charge is 2.30. The molecule has 0 fully saturated rings. The predicted octanol–water partition coefficient (Wildman–Crippen LogP) is 19.6. The molecule has 0 radical (unpaired) electrons. The highest BCUT2D eigenvalue weighted by Crippen LogP contribution is 2.45. The Kier molecular flexibility index (Phi) is 59.9. The van der Waals surface area contributed by atoms with Gasteiger partial charge in [-0.25, -0.2) is 9.13 Å². The molecule has 2 unspecified atom stereocenters. The quantitative estimate of drug-likeness (QED) is 0.0222. The molecule has 0 aromatic rings. The molecule has 0 spiro atoms. The fraction of sp³-hybridized carbons (Fsp3) is 0.942. The number of carbonyl (C=O) groups excluding carboxylic acids is 4. The molecule has 3 N–H and O–H groups in total. The lowest BCUT2D eigenvalue weighted by atomic mass is 10.0. The van der Waals surface area contributed by atoms with E-state index in [1.54, 1.807) is 0 Å². The average Bonchev–Trinajstić information content (AvgIpc) is 3.50. The third-order valence-corrected chi connectivity index (χ3v) is 17.9. The van der Waals surface area contributed by atoms with E-state index >= 15 is 0 Å². The second-order valence-corrected chi connectivity index (χ2v) is 28.8. The summed E-state index contributed by atoms with van der Waals surface area (Å²) >= 11 is 0. The molecule has 0 saturated carbocycles. The zero-order valence-corrected chi connectivity index (χ0v) is 58.8. The second kappa shape index (κ2) is 61.3. The van der Waals surface area contributed by atoms with Crippen molar-refractivity contribution in [1.29, 1.82) is 0 Å². The van der Waals surface area contributed by atoms with Crippen molar-refractivity contribution in [2.45, 2.75) is 368 Å². The standard InChI is InChI=1S/C69H134O17P2/c1-7-9-11-13-14-15-16-17-18-19-20-25-30-35-41-47-53-68(73)86-65(58-80-67(72)52-46-40-34-29-24-22-21-23-27-32-38-43-49-61(3)4)60-84-88(77,78)82-56-63(70)55-81-87(75,76)83-59-64(57-79-66(71)51-45-37-12-10-8-2)85-69(74)54-48-42-36-31-26-28-33-39-44-50-62(5)6/h61-65,70H,7-60H2,1-6H3,(H,75,76)(H,77,78)/t63-,64+,65+/m0/s1. The van der Waals surface area contributed by atoms with Gasteiger partial charge < -0.3 is 33.8 Å². The van der Waals surface area contributed by atoms with Crippen molar-refractivity contribution in [2.24, 2.45) is 11.8 Å². The van der Waals surface area contributed by atoms with Crippen molar-refractivity contribution in [3.05, 3.63) is 0 Å². The second-order valence-electron chi connectivity index (χ2n) is 25.9. The molecular weight excluding hydrogens is 1160 g/mol. The van der Waals surface area contributed by atoms with E-state index in [4.69, 9.17) is 37.0 Å². The van der Waals surface area contributed by atoms with Crippen LogP contribution in [0.2, 0.25) is 0 Å². The Morgan fingerprint density at radius 3 is 0.773 bits per heavy atom. The van der Waals surface area contributed by atoms with Crippen molar-refractivity contribution in [3.63, 3.8) is 0 Å². The number of carbonyl (C=O) groups is 4. The Morgan fingerprint density at radius 1 is 0.307 bits per heavy atom. The molecule has 17 nitrogen and oxygen atoms in total. The van der Waals surface area contributed by atoms with Crippen molar-refractivity contribution in [2.75, 3.05) is 39.6 Å². The van der Waals surface area contributed by atoms with Gasteiger partial charge in [0.15, 0.2) is 12.2 Å². The van der Waals surface area contributed by atoms with Gasteiger partial charge in [-0.2, -0.15) is 0 Å². The Morgan fingerprint density at radius 2 is 0.523 bits per heavy atom. The van der Waals surface area contributed by atoms with E-state index in [1.165, 1.54) is 161 Å². The number of ether oxygens (including phenoxy) is 4. The Hall–Kier alpha value is -1.94. The molecule has 0 aliphatic carbocycles. The van der Waals surface area contributed by atoms with E-state index in [0.29, 0.717) is 25.7 Å². The molecule has 0 heterocycles. The summed E-state index contributed by atoms with van der Waals surface area (Å²) in [5, 5.41) is 10.6. The van der Waals surface area contributed by atoms with Gasteiger partial charge in [-0.3, -0.25) is 37.3 Å². The number of phosphoric acid groups is 2. The minimum Gasteiger partial charge on any atom is -0.462 e. The van der Waals surface area contributed by atoms with Gasteiger partial charge in [-0.1, -0.05) is 298 Å². The van der Waals surface area contributed by atoms with Crippen molar-refractivity contribution in [1.82, 2.24) is 0 Å². The van der Waals surface area contributed by atoms with Crippen molar-refractivity contribution < 1.29 is 80.2 Å². The molecule has 0 aliphatic rings. The third kappa shape index (κ3) is 62.8. The van der Waals surface area contributed by atoms with Crippen LogP contribution in [-0.4, -0.2) is 96.7 Å². The van der Waals surface area contributed by atoms with Crippen molar-refractivity contribution in [3.8, 4) is 0 Å². The number of aliphatic hydroxyl groups excluding tert-OH is 1. The summed E-state index contributed by atoms with van der Waals surface area (Å²) in [5.41, 5.74) is 0. The number of rotatable bonds is 68. The number of esters is 4. The molecular formula is C69H134O17P2. The van der Waals surface area contributed by atoms with Gasteiger partial charge in [0, 0.05) is 25.7 Å². The number of hydrogen-bond acceptors (Lipinski definition) is 15. The Labute approximate surface area is 537 Å². The van der Waals surface area contributed by atoms with E-state index in [2.05, 4.69) is 41.5 Å². The fourth-order valence-electron chi connectivity index (χ4n) is 10.4. The Bertz CT molecular complexity index is 1720.